The molecule has 4 aromatic rings. The minimum Gasteiger partial charge on any atom is -0.378 e. The number of nitrogens with zero attached hydrogens (tertiary/aromatic N) is 2. The van der Waals surface area contributed by atoms with Crippen LogP contribution in [0.15, 0.2) is 59.6 Å². The number of fused-ring (bicyclic) bond motifs is 1. The second-order valence-corrected chi connectivity index (χ2v) is 6.56. The third kappa shape index (κ3) is 2.51. The summed E-state index contributed by atoms with van der Waals surface area (Å²) < 4.78 is 0. The van der Waals surface area contributed by atoms with Crippen LogP contribution >= 0.6 is 11.3 Å². The molecule has 3 aromatic heterocycles. The highest BCUT2D eigenvalue weighted by atomic mass is 32.1. The minimum absolute atomic E-state index is 0.930. The van der Waals surface area contributed by atoms with Crippen molar-refractivity contribution in [3.05, 3.63) is 59.6 Å². The first-order valence-corrected chi connectivity index (χ1v) is 8.44. The van der Waals surface area contributed by atoms with E-state index in [2.05, 4.69) is 76.1 Å². The number of hydrogen-bond acceptors (Lipinski definition) is 3. The summed E-state index contributed by atoms with van der Waals surface area (Å²) in [6.45, 7) is 0. The van der Waals surface area contributed by atoms with Crippen molar-refractivity contribution >= 4 is 28.1 Å². The minimum atomic E-state index is 0.930. The molecule has 0 saturated heterocycles. The van der Waals surface area contributed by atoms with Crippen molar-refractivity contribution in [2.75, 3.05) is 19.0 Å². The molecule has 0 aliphatic rings. The van der Waals surface area contributed by atoms with Crippen molar-refractivity contribution < 1.29 is 0 Å². The zero-order valence-corrected chi connectivity index (χ0v) is 13.9. The van der Waals surface area contributed by atoms with Crippen molar-refractivity contribution in [3.8, 4) is 22.3 Å². The maximum atomic E-state index is 4.58. The van der Waals surface area contributed by atoms with Gasteiger partial charge in [0, 0.05) is 48.7 Å². The van der Waals surface area contributed by atoms with Gasteiger partial charge < -0.3 is 9.88 Å². The molecule has 4 heteroatoms. The Balaban J connectivity index is 1.80. The van der Waals surface area contributed by atoms with Crippen LogP contribution in [0.5, 0.6) is 0 Å². The predicted octanol–water partition coefficient (Wildman–Crippen LogP) is 5.02. The molecule has 3 nitrogen and oxygen atoms in total. The fourth-order valence-electron chi connectivity index (χ4n) is 2.77. The highest BCUT2D eigenvalue weighted by Gasteiger charge is 2.09. The van der Waals surface area contributed by atoms with E-state index in [1.165, 1.54) is 22.4 Å². The Morgan fingerprint density at radius 2 is 1.83 bits per heavy atom. The van der Waals surface area contributed by atoms with Crippen molar-refractivity contribution in [3.63, 3.8) is 0 Å². The maximum Gasteiger partial charge on any atom is 0.137 e. The van der Waals surface area contributed by atoms with E-state index in [1.807, 2.05) is 12.4 Å². The molecule has 4 rings (SSSR count). The Morgan fingerprint density at radius 3 is 2.52 bits per heavy atom. The quantitative estimate of drug-likeness (QED) is 0.574. The van der Waals surface area contributed by atoms with E-state index in [0.717, 1.165) is 16.6 Å². The van der Waals surface area contributed by atoms with Gasteiger partial charge >= 0.3 is 0 Å². The zero-order valence-electron chi connectivity index (χ0n) is 13.1. The standard InChI is InChI=1S/C19H17N3S/c1-22(2)16-5-3-13(4-6-16)15-9-17-18(14-7-8-23-12-14)11-21-19(17)20-10-15/h3-12H,1-2H3,(H,20,21). The number of hydrogen-bond donors (Lipinski definition) is 1. The number of anilines is 1. The molecule has 3 heterocycles. The molecule has 23 heavy (non-hydrogen) atoms. The first kappa shape index (κ1) is 14.0. The monoisotopic (exact) mass is 319 g/mol. The summed E-state index contributed by atoms with van der Waals surface area (Å²) in [5, 5.41) is 5.43. The van der Waals surface area contributed by atoms with E-state index in [1.54, 1.807) is 11.3 Å². The lowest BCUT2D eigenvalue weighted by Crippen LogP contribution is -2.07. The highest BCUT2D eigenvalue weighted by molar-refractivity contribution is 7.08. The summed E-state index contributed by atoms with van der Waals surface area (Å²) in [6.07, 6.45) is 3.97. The maximum absolute atomic E-state index is 4.58. The van der Waals surface area contributed by atoms with Gasteiger partial charge in [0.15, 0.2) is 0 Å². The Hall–Kier alpha value is -2.59. The van der Waals surface area contributed by atoms with Crippen molar-refractivity contribution in [2.24, 2.45) is 0 Å². The van der Waals surface area contributed by atoms with E-state index in [-0.39, 0.29) is 0 Å². The van der Waals surface area contributed by atoms with Gasteiger partial charge in [-0.05, 0) is 46.2 Å². The van der Waals surface area contributed by atoms with Crippen LogP contribution in [0.3, 0.4) is 0 Å². The van der Waals surface area contributed by atoms with Gasteiger partial charge in [-0.2, -0.15) is 11.3 Å². The van der Waals surface area contributed by atoms with Gasteiger partial charge in [0.2, 0.25) is 0 Å². The van der Waals surface area contributed by atoms with Crippen LogP contribution in [0.4, 0.5) is 5.69 Å². The summed E-state index contributed by atoms with van der Waals surface area (Å²) >= 11 is 1.71. The number of aromatic nitrogens is 2. The number of rotatable bonds is 3. The molecule has 0 aliphatic heterocycles. The predicted molar refractivity (Wildman–Crippen MR) is 99.2 cm³/mol. The number of H-pyrrole nitrogens is 1. The van der Waals surface area contributed by atoms with Gasteiger partial charge in [-0.15, -0.1) is 0 Å². The zero-order chi connectivity index (χ0) is 15.8. The summed E-state index contributed by atoms with van der Waals surface area (Å²) in [5.41, 5.74) is 6.90. The van der Waals surface area contributed by atoms with Gasteiger partial charge in [-0.3, -0.25) is 0 Å². The SMILES string of the molecule is CN(C)c1ccc(-c2cnc3[nH]cc(-c4ccsc4)c3c2)cc1. The van der Waals surface area contributed by atoms with Crippen molar-refractivity contribution in [2.45, 2.75) is 0 Å². The number of nitrogens with one attached hydrogen (secondary N) is 1. The van der Waals surface area contributed by atoms with E-state index >= 15 is 0 Å². The third-order valence-corrected chi connectivity index (χ3v) is 4.76. The molecular formula is C19H17N3S. The molecule has 0 aliphatic carbocycles. The summed E-state index contributed by atoms with van der Waals surface area (Å²) in [5.74, 6) is 0. The molecule has 0 spiro atoms. The van der Waals surface area contributed by atoms with Gasteiger partial charge in [0.25, 0.3) is 0 Å². The van der Waals surface area contributed by atoms with E-state index < -0.39 is 0 Å². The normalized spacial score (nSPS) is 11.0. The third-order valence-electron chi connectivity index (χ3n) is 4.08. The fraction of sp³-hybridized carbons (Fsp3) is 0.105. The molecule has 1 aromatic carbocycles. The van der Waals surface area contributed by atoms with Crippen LogP contribution < -0.4 is 4.90 Å². The second kappa shape index (κ2) is 5.56. The first-order chi connectivity index (χ1) is 11.2. The number of pyridine rings is 1. The van der Waals surface area contributed by atoms with E-state index in [9.17, 15) is 0 Å². The average molecular weight is 319 g/mol. The molecule has 0 unspecified atom stereocenters. The van der Waals surface area contributed by atoms with Crippen LogP contribution in [0.1, 0.15) is 0 Å². The Kier molecular flexibility index (Phi) is 3.39. The molecule has 0 bridgehead atoms. The second-order valence-electron chi connectivity index (χ2n) is 5.78. The van der Waals surface area contributed by atoms with Gasteiger partial charge in [-0.25, -0.2) is 4.98 Å². The average Bonchev–Trinajstić information content (AvgIpc) is 3.23. The highest BCUT2D eigenvalue weighted by Crippen LogP contribution is 2.32. The fourth-order valence-corrected chi connectivity index (χ4v) is 3.43. The molecular weight excluding hydrogens is 302 g/mol. The van der Waals surface area contributed by atoms with Gasteiger partial charge in [0.05, 0.1) is 0 Å². The van der Waals surface area contributed by atoms with Crippen molar-refractivity contribution in [1.82, 2.24) is 9.97 Å². The van der Waals surface area contributed by atoms with E-state index in [0.29, 0.717) is 0 Å². The van der Waals surface area contributed by atoms with Gasteiger partial charge in [0.1, 0.15) is 5.65 Å². The van der Waals surface area contributed by atoms with Gasteiger partial charge in [-0.1, -0.05) is 12.1 Å². The first-order valence-electron chi connectivity index (χ1n) is 7.50. The number of thiophene rings is 1. The number of aromatic amines is 1. The summed E-state index contributed by atoms with van der Waals surface area (Å²) in [7, 11) is 4.10. The number of benzene rings is 1. The Labute approximate surface area is 139 Å². The molecule has 0 fully saturated rings. The lowest BCUT2D eigenvalue weighted by atomic mass is 10.0. The van der Waals surface area contributed by atoms with Crippen LogP contribution in [0.2, 0.25) is 0 Å². The lowest BCUT2D eigenvalue weighted by Gasteiger charge is -2.12. The van der Waals surface area contributed by atoms with Crippen LogP contribution in [-0.4, -0.2) is 24.1 Å². The molecule has 0 saturated carbocycles. The van der Waals surface area contributed by atoms with E-state index in [4.69, 9.17) is 0 Å². The van der Waals surface area contributed by atoms with Crippen molar-refractivity contribution in [1.29, 1.82) is 0 Å². The van der Waals surface area contributed by atoms with Crippen LogP contribution in [-0.2, 0) is 0 Å². The van der Waals surface area contributed by atoms with Crippen LogP contribution in [0, 0.1) is 0 Å². The molecule has 0 atom stereocenters. The lowest BCUT2D eigenvalue weighted by molar-refractivity contribution is 1.13. The largest absolute Gasteiger partial charge is 0.378 e. The Bertz CT molecular complexity index is 935. The topological polar surface area (TPSA) is 31.9 Å². The molecule has 0 amide bonds. The Morgan fingerprint density at radius 1 is 1.00 bits per heavy atom. The molecule has 1 N–H and O–H groups in total. The van der Waals surface area contributed by atoms with Crippen LogP contribution in [0.25, 0.3) is 33.3 Å². The smallest absolute Gasteiger partial charge is 0.137 e. The summed E-state index contributed by atoms with van der Waals surface area (Å²) in [6, 6.07) is 12.9. The molecule has 0 radical (unpaired) electrons. The summed E-state index contributed by atoms with van der Waals surface area (Å²) in [4.78, 5) is 9.95. The molecule has 114 valence electrons.